The lowest BCUT2D eigenvalue weighted by atomic mass is 9.65. The number of likely N-dealkylation sites (tertiary alicyclic amines) is 1. The second-order valence-electron chi connectivity index (χ2n) is 7.48. The van der Waals surface area contributed by atoms with Gasteiger partial charge in [-0.05, 0) is 36.5 Å². The van der Waals surface area contributed by atoms with Crippen molar-refractivity contribution in [2.24, 2.45) is 10.8 Å². The average molecular weight is 282 g/mol. The fraction of sp³-hybridized carbons (Fsp3) is 0.867. The molecule has 2 atom stereocenters. The minimum Gasteiger partial charge on any atom is -0.396 e. The molecule has 1 heterocycles. The van der Waals surface area contributed by atoms with Crippen molar-refractivity contribution in [2.75, 3.05) is 19.7 Å². The number of carbonyl (C=O) groups is 2. The molecule has 2 amide bonds. The maximum absolute atomic E-state index is 12.3. The summed E-state index contributed by atoms with van der Waals surface area (Å²) in [6.45, 7) is 7.76. The molecule has 0 aromatic heterocycles. The molecule has 1 aliphatic carbocycles. The lowest BCUT2D eigenvalue weighted by Crippen LogP contribution is -2.46. The van der Waals surface area contributed by atoms with E-state index < -0.39 is 11.8 Å². The molecule has 2 unspecified atom stereocenters. The van der Waals surface area contributed by atoms with Crippen LogP contribution in [-0.4, -0.2) is 47.6 Å². The van der Waals surface area contributed by atoms with E-state index >= 15 is 0 Å². The van der Waals surface area contributed by atoms with Crippen LogP contribution in [-0.2, 0) is 9.59 Å². The van der Waals surface area contributed by atoms with Crippen LogP contribution in [0.1, 0.15) is 46.5 Å². The number of hydrogen-bond donors (Lipinski definition) is 2. The first-order valence-electron chi connectivity index (χ1n) is 7.46. The van der Waals surface area contributed by atoms with E-state index in [1.807, 2.05) is 0 Å². The quantitative estimate of drug-likeness (QED) is 0.597. The van der Waals surface area contributed by atoms with E-state index in [1.54, 1.807) is 4.90 Å². The summed E-state index contributed by atoms with van der Waals surface area (Å²) in [6.07, 6.45) is 3.56. The molecule has 0 radical (unpaired) electrons. The molecule has 0 aromatic rings. The van der Waals surface area contributed by atoms with Gasteiger partial charge < -0.3 is 15.3 Å². The minimum atomic E-state index is -0.535. The van der Waals surface area contributed by atoms with Gasteiger partial charge in [-0.1, -0.05) is 20.8 Å². The predicted molar refractivity (Wildman–Crippen MR) is 76.0 cm³/mol. The molecule has 1 saturated carbocycles. The van der Waals surface area contributed by atoms with Crippen LogP contribution in [0.25, 0.3) is 0 Å². The molecule has 2 N–H and O–H groups in total. The van der Waals surface area contributed by atoms with Crippen molar-refractivity contribution >= 4 is 11.8 Å². The molecule has 0 aromatic carbocycles. The summed E-state index contributed by atoms with van der Waals surface area (Å²) in [4.78, 5) is 25.9. The van der Waals surface area contributed by atoms with Crippen molar-refractivity contribution in [3.05, 3.63) is 0 Å². The third-order valence-electron chi connectivity index (χ3n) is 4.49. The molecule has 20 heavy (non-hydrogen) atoms. The van der Waals surface area contributed by atoms with Crippen molar-refractivity contribution in [3.63, 3.8) is 0 Å². The number of amides is 2. The number of nitrogens with one attached hydrogen (secondary N) is 1. The number of hydrogen-bond acceptors (Lipinski definition) is 3. The summed E-state index contributed by atoms with van der Waals surface area (Å²) in [5.74, 6) is -0.943. The molecule has 114 valence electrons. The summed E-state index contributed by atoms with van der Waals surface area (Å²) in [5, 5.41) is 11.3. The number of rotatable bonds is 3. The highest BCUT2D eigenvalue weighted by Gasteiger charge is 2.51. The summed E-state index contributed by atoms with van der Waals surface area (Å²) >= 11 is 0. The van der Waals surface area contributed by atoms with E-state index in [0.717, 1.165) is 19.3 Å². The normalized spacial score (nSPS) is 31.2. The third kappa shape index (κ3) is 3.14. The maximum Gasteiger partial charge on any atom is 0.312 e. The number of nitrogens with zero attached hydrogens (tertiary/aromatic N) is 1. The Morgan fingerprint density at radius 2 is 2.00 bits per heavy atom. The van der Waals surface area contributed by atoms with E-state index in [2.05, 4.69) is 26.1 Å². The van der Waals surface area contributed by atoms with Crippen molar-refractivity contribution in [1.82, 2.24) is 10.2 Å². The highest BCUT2D eigenvalue weighted by atomic mass is 16.3. The molecule has 5 nitrogen and oxygen atoms in total. The van der Waals surface area contributed by atoms with Crippen molar-refractivity contribution in [1.29, 1.82) is 0 Å². The van der Waals surface area contributed by atoms with Crippen LogP contribution in [0.2, 0.25) is 0 Å². The minimum absolute atomic E-state index is 0.0209. The molecule has 5 heteroatoms. The Labute approximate surface area is 120 Å². The number of aliphatic hydroxyl groups is 1. The van der Waals surface area contributed by atoms with Gasteiger partial charge in [0.1, 0.15) is 0 Å². The maximum atomic E-state index is 12.3. The predicted octanol–water partition coefficient (Wildman–Crippen LogP) is 0.912. The average Bonchev–Trinajstić information content (AvgIpc) is 2.57. The highest BCUT2D eigenvalue weighted by molar-refractivity contribution is 6.35. The first-order valence-corrected chi connectivity index (χ1v) is 7.46. The van der Waals surface area contributed by atoms with Gasteiger partial charge in [0.2, 0.25) is 0 Å². The van der Waals surface area contributed by atoms with Crippen LogP contribution < -0.4 is 5.32 Å². The molecule has 2 aliphatic rings. The number of carbonyl (C=O) groups excluding carboxylic acids is 2. The monoisotopic (exact) mass is 282 g/mol. The fourth-order valence-corrected chi connectivity index (χ4v) is 4.18. The summed E-state index contributed by atoms with van der Waals surface area (Å²) in [7, 11) is 0. The Kier molecular flexibility index (Phi) is 4.09. The van der Waals surface area contributed by atoms with Crippen LogP contribution in [0.4, 0.5) is 0 Å². The van der Waals surface area contributed by atoms with E-state index in [0.29, 0.717) is 19.5 Å². The Morgan fingerprint density at radius 1 is 1.30 bits per heavy atom. The van der Waals surface area contributed by atoms with Crippen LogP contribution in [0.3, 0.4) is 0 Å². The van der Waals surface area contributed by atoms with Gasteiger partial charge in [0.15, 0.2) is 0 Å². The zero-order valence-corrected chi connectivity index (χ0v) is 12.7. The molecule has 2 bridgehead atoms. The number of aliphatic hydroxyl groups excluding tert-OH is 1. The smallest absolute Gasteiger partial charge is 0.312 e. The second-order valence-corrected chi connectivity index (χ2v) is 7.48. The van der Waals surface area contributed by atoms with Gasteiger partial charge in [-0.25, -0.2) is 0 Å². The molecule has 1 saturated heterocycles. The van der Waals surface area contributed by atoms with E-state index in [9.17, 15) is 9.59 Å². The van der Waals surface area contributed by atoms with Crippen LogP contribution in [0.15, 0.2) is 0 Å². The topological polar surface area (TPSA) is 69.6 Å². The zero-order chi connectivity index (χ0) is 15.0. The molecule has 0 spiro atoms. The van der Waals surface area contributed by atoms with Crippen LogP contribution in [0.5, 0.6) is 0 Å². The molecule has 1 aliphatic heterocycles. The van der Waals surface area contributed by atoms with Gasteiger partial charge in [0.25, 0.3) is 0 Å². The fourth-order valence-electron chi connectivity index (χ4n) is 4.18. The largest absolute Gasteiger partial charge is 0.396 e. The van der Waals surface area contributed by atoms with Gasteiger partial charge in [0.05, 0.1) is 0 Å². The van der Waals surface area contributed by atoms with Gasteiger partial charge in [-0.2, -0.15) is 0 Å². The number of fused-ring (bicyclic) bond motifs is 2. The summed E-state index contributed by atoms with van der Waals surface area (Å²) in [6, 6.07) is 0.194. The first-order chi connectivity index (χ1) is 9.26. The van der Waals surface area contributed by atoms with E-state index in [4.69, 9.17) is 5.11 Å². The van der Waals surface area contributed by atoms with Crippen molar-refractivity contribution < 1.29 is 14.7 Å². The Bertz CT molecular complexity index is 408. The van der Waals surface area contributed by atoms with Gasteiger partial charge in [-0.15, -0.1) is 0 Å². The van der Waals surface area contributed by atoms with Gasteiger partial charge >= 0.3 is 11.8 Å². The molecule has 2 rings (SSSR count). The third-order valence-corrected chi connectivity index (χ3v) is 4.49. The van der Waals surface area contributed by atoms with Crippen molar-refractivity contribution in [3.8, 4) is 0 Å². The summed E-state index contributed by atoms with van der Waals surface area (Å²) in [5.41, 5.74) is 0.382. The highest BCUT2D eigenvalue weighted by Crippen LogP contribution is 2.52. The van der Waals surface area contributed by atoms with E-state index in [1.165, 1.54) is 0 Å². The van der Waals surface area contributed by atoms with Crippen LogP contribution >= 0.6 is 0 Å². The SMILES string of the molecule is CC1(C)CC2CC(C)(CN2C(=O)C(=O)NCCCO)C1. The Morgan fingerprint density at radius 3 is 2.65 bits per heavy atom. The lowest BCUT2D eigenvalue weighted by molar-refractivity contribution is -0.146. The molecular weight excluding hydrogens is 256 g/mol. The van der Waals surface area contributed by atoms with Crippen molar-refractivity contribution in [2.45, 2.75) is 52.5 Å². The Hall–Kier alpha value is -1.10. The standard InChI is InChI=1S/C15H26N2O3/c1-14(2)7-11-8-15(3,9-14)10-17(11)13(20)12(19)16-5-4-6-18/h11,18H,4-10H2,1-3H3,(H,16,19). The van der Waals surface area contributed by atoms with Crippen LogP contribution in [0, 0.1) is 10.8 Å². The summed E-state index contributed by atoms with van der Waals surface area (Å²) < 4.78 is 0. The molecular formula is C15H26N2O3. The zero-order valence-electron chi connectivity index (χ0n) is 12.7. The van der Waals surface area contributed by atoms with Gasteiger partial charge in [-0.3, -0.25) is 9.59 Å². The molecule has 2 fully saturated rings. The van der Waals surface area contributed by atoms with Gasteiger partial charge in [0, 0.05) is 25.7 Å². The lowest BCUT2D eigenvalue weighted by Gasteiger charge is -2.39. The second kappa shape index (κ2) is 5.35. The Balaban J connectivity index is 2.00. The van der Waals surface area contributed by atoms with E-state index in [-0.39, 0.29) is 23.5 Å². The first kappa shape index (κ1) is 15.3.